The fraction of sp³-hybridized carbons (Fsp3) is 0. The summed E-state index contributed by atoms with van der Waals surface area (Å²) in [6.45, 7) is 0. The third-order valence-electron chi connectivity index (χ3n) is 25.0. The number of fused-ring (bicyclic) bond motifs is 18. The molecule has 0 radical (unpaired) electrons. The highest BCUT2D eigenvalue weighted by atomic mass is 32.1. The molecule has 0 spiro atoms. The maximum atomic E-state index is 2.50. The molecule has 0 fully saturated rings. The highest BCUT2D eigenvalue weighted by Crippen LogP contribution is 2.52. The Morgan fingerprint density at radius 1 is 0.176 bits per heavy atom. The molecule has 7 heteroatoms. The SMILES string of the molecule is c1ccc(-c2ccc(N(c3ccc(-c4cc5c6ccccc6n(-c6cccc(-c7ccccc7)c6)c5c5c4sc4ccccc45)cc3)c3ccc4sc5ccccc5c4c3)cc2)cc1.c1ccc(-c2ccc(N(c3ccc(-c4ccccc4)cc3)c3ccc(-c4cc5c6ccccc6n(-c6ccc7ccccc7c6)c5c5c4sc4ccccc45)cc3)cc2)cc1. The van der Waals surface area contributed by atoms with Gasteiger partial charge in [0, 0.05) is 139 Å². The van der Waals surface area contributed by atoms with Gasteiger partial charge in [-0.1, -0.05) is 315 Å². The van der Waals surface area contributed by atoms with Gasteiger partial charge in [-0.25, -0.2) is 0 Å². The largest absolute Gasteiger partial charge is 0.311 e. The smallest absolute Gasteiger partial charge is 0.0634 e. The predicted octanol–water partition coefficient (Wildman–Crippen LogP) is 34.8. The molecule has 5 heterocycles. The van der Waals surface area contributed by atoms with E-state index in [0.29, 0.717) is 0 Å². The molecule has 0 N–H and O–H groups in total. The molecule has 0 amide bonds. The highest BCUT2D eigenvalue weighted by Gasteiger charge is 2.26. The Bertz CT molecular complexity index is 8340. The van der Waals surface area contributed by atoms with Crippen LogP contribution < -0.4 is 9.80 Å². The maximum Gasteiger partial charge on any atom is 0.0634 e. The number of aromatic nitrogens is 2. The number of benzene rings is 20. The minimum absolute atomic E-state index is 1.10. The lowest BCUT2D eigenvalue weighted by atomic mass is 9.98. The van der Waals surface area contributed by atoms with Gasteiger partial charge in [-0.3, -0.25) is 0 Å². The van der Waals surface area contributed by atoms with Crippen LogP contribution in [0.2, 0.25) is 0 Å². The molecule has 25 rings (SSSR count). The second-order valence-electron chi connectivity index (χ2n) is 32.2. The summed E-state index contributed by atoms with van der Waals surface area (Å²) in [5.74, 6) is 0. The second-order valence-corrected chi connectivity index (χ2v) is 35.4. The Morgan fingerprint density at radius 3 is 0.960 bits per heavy atom. The van der Waals surface area contributed by atoms with Crippen molar-refractivity contribution in [1.29, 1.82) is 0 Å². The number of para-hydroxylation sites is 2. The van der Waals surface area contributed by atoms with E-state index in [0.717, 1.165) is 39.8 Å². The minimum atomic E-state index is 1.10. The summed E-state index contributed by atoms with van der Waals surface area (Å²) >= 11 is 5.65. The first kappa shape index (κ1) is 73.4. The molecular formula is C118H76N4S3. The summed E-state index contributed by atoms with van der Waals surface area (Å²) in [6.07, 6.45) is 0. The second kappa shape index (κ2) is 30.9. The maximum absolute atomic E-state index is 2.50. The van der Waals surface area contributed by atoms with Crippen molar-refractivity contribution in [2.24, 2.45) is 0 Å². The van der Waals surface area contributed by atoms with Crippen molar-refractivity contribution in [2.75, 3.05) is 9.80 Å². The van der Waals surface area contributed by atoms with Crippen LogP contribution in [0.1, 0.15) is 0 Å². The van der Waals surface area contributed by atoms with Crippen LogP contribution in [0, 0.1) is 0 Å². The van der Waals surface area contributed by atoms with Gasteiger partial charge in [0.15, 0.2) is 0 Å². The zero-order valence-corrected chi connectivity index (χ0v) is 70.3. The molecule has 5 aromatic heterocycles. The lowest BCUT2D eigenvalue weighted by Crippen LogP contribution is -2.09. The van der Waals surface area contributed by atoms with E-state index in [4.69, 9.17) is 0 Å². The van der Waals surface area contributed by atoms with Gasteiger partial charge in [0.05, 0.1) is 22.1 Å². The van der Waals surface area contributed by atoms with E-state index in [1.165, 1.54) is 187 Å². The summed E-state index contributed by atoms with van der Waals surface area (Å²) in [5, 5.41) is 15.3. The van der Waals surface area contributed by atoms with E-state index in [-0.39, 0.29) is 0 Å². The zero-order chi connectivity index (χ0) is 82.4. The van der Waals surface area contributed by atoms with Crippen molar-refractivity contribution in [3.05, 3.63) is 461 Å². The lowest BCUT2D eigenvalue weighted by Gasteiger charge is -2.26. The highest BCUT2D eigenvalue weighted by molar-refractivity contribution is 7.27. The Morgan fingerprint density at radius 2 is 0.504 bits per heavy atom. The number of hydrogen-bond acceptors (Lipinski definition) is 5. The quantitative estimate of drug-likeness (QED) is 0.108. The minimum Gasteiger partial charge on any atom is -0.311 e. The zero-order valence-electron chi connectivity index (χ0n) is 67.9. The Kier molecular flexibility index (Phi) is 18.2. The molecule has 4 nitrogen and oxygen atoms in total. The van der Waals surface area contributed by atoms with Crippen LogP contribution in [0.4, 0.5) is 34.1 Å². The van der Waals surface area contributed by atoms with Crippen LogP contribution in [0.15, 0.2) is 461 Å². The van der Waals surface area contributed by atoms with Crippen molar-refractivity contribution < 1.29 is 0 Å². The first-order valence-electron chi connectivity index (χ1n) is 42.6. The monoisotopic (exact) mass is 1640 g/mol. The molecule has 0 atom stereocenters. The van der Waals surface area contributed by atoms with E-state index < -0.39 is 0 Å². The average molecular weight is 1650 g/mol. The van der Waals surface area contributed by atoms with Gasteiger partial charge < -0.3 is 18.9 Å². The van der Waals surface area contributed by atoms with Gasteiger partial charge in [0.2, 0.25) is 0 Å². The van der Waals surface area contributed by atoms with Gasteiger partial charge in [-0.15, -0.1) is 34.0 Å². The number of anilines is 6. The van der Waals surface area contributed by atoms with Crippen LogP contribution >= 0.6 is 34.0 Å². The van der Waals surface area contributed by atoms with Crippen LogP contribution in [0.5, 0.6) is 0 Å². The molecule has 125 heavy (non-hydrogen) atoms. The Hall–Kier alpha value is -15.5. The predicted molar refractivity (Wildman–Crippen MR) is 540 cm³/mol. The molecule has 0 unspecified atom stereocenters. The molecule has 25 aromatic rings. The normalized spacial score (nSPS) is 11.7. The van der Waals surface area contributed by atoms with Crippen molar-refractivity contribution in [3.8, 4) is 78.1 Å². The van der Waals surface area contributed by atoms with Gasteiger partial charge in [-0.05, 0) is 212 Å². The molecule has 0 saturated carbocycles. The first-order valence-corrected chi connectivity index (χ1v) is 45.0. The number of nitrogens with zero attached hydrogens (tertiary/aromatic N) is 4. The topological polar surface area (TPSA) is 16.3 Å². The van der Waals surface area contributed by atoms with E-state index in [1.807, 2.05) is 34.0 Å². The fourth-order valence-electron chi connectivity index (χ4n) is 19.0. The van der Waals surface area contributed by atoms with Crippen LogP contribution in [-0.2, 0) is 0 Å². The van der Waals surface area contributed by atoms with E-state index >= 15 is 0 Å². The molecule has 586 valence electrons. The van der Waals surface area contributed by atoms with Gasteiger partial charge >= 0.3 is 0 Å². The Labute approximate surface area is 735 Å². The molecular weight excluding hydrogens is 1570 g/mol. The average Bonchev–Trinajstić information content (AvgIpc) is 1.55. The molecule has 0 aliphatic heterocycles. The number of hydrogen-bond donors (Lipinski definition) is 0. The van der Waals surface area contributed by atoms with Crippen molar-refractivity contribution in [1.82, 2.24) is 9.13 Å². The molecule has 0 aliphatic carbocycles. The molecule has 0 bridgehead atoms. The van der Waals surface area contributed by atoms with Crippen molar-refractivity contribution in [2.45, 2.75) is 0 Å². The van der Waals surface area contributed by atoms with Crippen molar-refractivity contribution in [3.63, 3.8) is 0 Å². The summed E-state index contributed by atoms with van der Waals surface area (Å²) in [5.41, 5.74) is 28.5. The van der Waals surface area contributed by atoms with Crippen LogP contribution in [0.3, 0.4) is 0 Å². The molecule has 0 aliphatic rings. The van der Waals surface area contributed by atoms with Gasteiger partial charge in [0.1, 0.15) is 0 Å². The number of rotatable bonds is 14. The summed E-state index contributed by atoms with van der Waals surface area (Å²) in [6, 6.07) is 169. The fourth-order valence-corrected chi connectivity index (χ4v) is 22.6. The Balaban J connectivity index is 0.000000140. The van der Waals surface area contributed by atoms with Crippen LogP contribution in [0.25, 0.3) is 193 Å². The van der Waals surface area contributed by atoms with Crippen LogP contribution in [-0.4, -0.2) is 9.13 Å². The first-order chi connectivity index (χ1) is 62.0. The van der Waals surface area contributed by atoms with E-state index in [9.17, 15) is 0 Å². The summed E-state index contributed by atoms with van der Waals surface area (Å²) in [7, 11) is 0. The summed E-state index contributed by atoms with van der Waals surface area (Å²) in [4.78, 5) is 4.77. The number of thiophene rings is 3. The standard InChI is InChI=1S/C60H38N2S2.C58H38N2S/c1-3-14-39(15-4-1)41-26-30-44(31-27-41)61(47-34-35-57-52(37-47)49-21-8-11-24-55(49)63-57)45-32-28-42(29-33-45)51-38-53-48-20-7-10-23-54(48)62(46-19-13-18-43(36-46)40-16-5-2-6-17-40)59(53)58-50-22-9-12-25-56(50)64-60(51)58;1-3-13-39(14-4-1)42-23-30-46(31-24-42)59(47-32-25-43(26-33-47)40-15-5-2-6-16-40)48-34-28-44(29-35-48)52-38-53-50-19-9-11-21-54(50)60(49-36-27-41-17-7-8-18-45(41)37-49)57(53)56-51-20-10-12-22-55(51)61-58(52)56/h1-38H;1-38H. The van der Waals surface area contributed by atoms with Gasteiger partial charge in [-0.2, -0.15) is 0 Å². The summed E-state index contributed by atoms with van der Waals surface area (Å²) < 4.78 is 12.8. The molecule has 20 aromatic carbocycles. The lowest BCUT2D eigenvalue weighted by molar-refractivity contribution is 1.19. The van der Waals surface area contributed by atoms with E-state index in [1.54, 1.807) is 0 Å². The molecule has 0 saturated heterocycles. The third-order valence-corrected chi connectivity index (χ3v) is 28.5. The third kappa shape index (κ3) is 12.9. The van der Waals surface area contributed by atoms with E-state index in [2.05, 4.69) is 480 Å². The van der Waals surface area contributed by atoms with Gasteiger partial charge in [0.25, 0.3) is 0 Å². The van der Waals surface area contributed by atoms with Crippen molar-refractivity contribution >= 4 is 183 Å².